The Hall–Kier alpha value is -1.02. The number of aryl methyl sites for hydroxylation is 1. The van der Waals surface area contributed by atoms with Gasteiger partial charge in [-0.05, 0) is 41.8 Å². The second-order valence-corrected chi connectivity index (χ2v) is 4.84. The molecule has 0 spiro atoms. The topological polar surface area (TPSA) is 26.0 Å². The Morgan fingerprint density at radius 2 is 1.71 bits per heavy atom. The first-order chi connectivity index (χ1) is 8.09. The van der Waals surface area contributed by atoms with Gasteiger partial charge in [0.25, 0.3) is 0 Å². The van der Waals surface area contributed by atoms with E-state index in [1.54, 1.807) is 0 Å². The van der Waals surface area contributed by atoms with Crippen LogP contribution in [-0.4, -0.2) is 0 Å². The van der Waals surface area contributed by atoms with E-state index < -0.39 is 0 Å². The molecule has 0 aromatic heterocycles. The van der Waals surface area contributed by atoms with Crippen LogP contribution in [0, 0.1) is 6.92 Å². The zero-order chi connectivity index (χ0) is 12.4. The minimum atomic E-state index is -0.248. The fourth-order valence-electron chi connectivity index (χ4n) is 1.84. The quantitative estimate of drug-likeness (QED) is 0.859. The Bertz CT molecular complexity index is 537. The second kappa shape index (κ2) is 5.09. The fraction of sp³-hybridized carbons (Fsp3) is 0.143. The molecule has 0 radical (unpaired) electrons. The van der Waals surface area contributed by atoms with Gasteiger partial charge in [0.1, 0.15) is 0 Å². The molecule has 0 bridgehead atoms. The first-order valence-electron chi connectivity index (χ1n) is 5.35. The van der Waals surface area contributed by atoms with Gasteiger partial charge in [-0.3, -0.25) is 0 Å². The van der Waals surface area contributed by atoms with Crippen LogP contribution in [0.3, 0.4) is 0 Å². The maximum Gasteiger partial charge on any atom is 0.0569 e. The van der Waals surface area contributed by atoms with Gasteiger partial charge >= 0.3 is 0 Å². The van der Waals surface area contributed by atoms with E-state index in [1.165, 1.54) is 0 Å². The van der Waals surface area contributed by atoms with Crippen LogP contribution in [0.1, 0.15) is 22.7 Å². The minimum absolute atomic E-state index is 0.248. The summed E-state index contributed by atoms with van der Waals surface area (Å²) in [6, 6.07) is 13.1. The van der Waals surface area contributed by atoms with E-state index >= 15 is 0 Å². The highest BCUT2D eigenvalue weighted by Crippen LogP contribution is 2.29. The highest BCUT2D eigenvalue weighted by Gasteiger charge is 2.14. The maximum absolute atomic E-state index is 6.24. The summed E-state index contributed by atoms with van der Waals surface area (Å²) in [5.74, 6) is 0. The van der Waals surface area contributed by atoms with Crippen molar-refractivity contribution < 1.29 is 0 Å². The number of hydrogen-bond acceptors (Lipinski definition) is 1. The van der Waals surface area contributed by atoms with Crippen molar-refractivity contribution in [3.8, 4) is 0 Å². The molecule has 0 aliphatic heterocycles. The van der Waals surface area contributed by atoms with E-state index in [-0.39, 0.29) is 6.04 Å². The number of nitrogens with two attached hydrogens (primary N) is 1. The van der Waals surface area contributed by atoms with Crippen LogP contribution in [0.5, 0.6) is 0 Å². The molecule has 0 amide bonds. The van der Waals surface area contributed by atoms with Crippen LogP contribution in [0.2, 0.25) is 10.0 Å². The summed E-state index contributed by atoms with van der Waals surface area (Å²) in [5, 5.41) is 1.37. The van der Waals surface area contributed by atoms with E-state index in [0.29, 0.717) is 10.0 Å². The first kappa shape index (κ1) is 12.4. The summed E-state index contributed by atoms with van der Waals surface area (Å²) in [7, 11) is 0. The third-order valence-corrected chi connectivity index (χ3v) is 3.40. The Kier molecular flexibility index (Phi) is 3.72. The lowest BCUT2D eigenvalue weighted by Crippen LogP contribution is -2.13. The van der Waals surface area contributed by atoms with Crippen molar-refractivity contribution in [1.29, 1.82) is 0 Å². The second-order valence-electron chi connectivity index (χ2n) is 4.00. The summed E-state index contributed by atoms with van der Waals surface area (Å²) in [6.45, 7) is 2.02. The summed E-state index contributed by atoms with van der Waals surface area (Å²) in [6.07, 6.45) is 0. The SMILES string of the molecule is Cc1ccc(Cl)cc1C(N)c1ccccc1Cl. The standard InChI is InChI=1S/C14H13Cl2N/c1-9-6-7-10(15)8-12(9)14(17)11-4-2-3-5-13(11)16/h2-8,14H,17H2,1H3. The van der Waals surface area contributed by atoms with Crippen molar-refractivity contribution in [2.24, 2.45) is 5.73 Å². The number of rotatable bonds is 2. The van der Waals surface area contributed by atoms with E-state index in [4.69, 9.17) is 28.9 Å². The molecule has 2 N–H and O–H groups in total. The number of benzene rings is 2. The van der Waals surface area contributed by atoms with Crippen molar-refractivity contribution in [3.63, 3.8) is 0 Å². The molecule has 0 aliphatic carbocycles. The van der Waals surface area contributed by atoms with Gasteiger partial charge in [-0.1, -0.05) is 47.5 Å². The van der Waals surface area contributed by atoms with Crippen molar-refractivity contribution in [2.75, 3.05) is 0 Å². The monoisotopic (exact) mass is 265 g/mol. The molecule has 2 aromatic rings. The average molecular weight is 266 g/mol. The van der Waals surface area contributed by atoms with Crippen LogP contribution >= 0.6 is 23.2 Å². The molecule has 17 heavy (non-hydrogen) atoms. The molecule has 88 valence electrons. The molecular formula is C14H13Cl2N. The zero-order valence-corrected chi connectivity index (χ0v) is 11.0. The lowest BCUT2D eigenvalue weighted by molar-refractivity contribution is 0.862. The first-order valence-corrected chi connectivity index (χ1v) is 6.11. The van der Waals surface area contributed by atoms with Gasteiger partial charge in [-0.15, -0.1) is 0 Å². The molecule has 2 aromatic carbocycles. The van der Waals surface area contributed by atoms with Gasteiger partial charge in [-0.2, -0.15) is 0 Å². The summed E-state index contributed by atoms with van der Waals surface area (Å²) in [4.78, 5) is 0. The van der Waals surface area contributed by atoms with Crippen LogP contribution in [-0.2, 0) is 0 Å². The van der Waals surface area contributed by atoms with Crippen LogP contribution in [0.4, 0.5) is 0 Å². The van der Waals surface area contributed by atoms with Gasteiger partial charge in [0.15, 0.2) is 0 Å². The van der Waals surface area contributed by atoms with Gasteiger partial charge in [0.2, 0.25) is 0 Å². The molecule has 0 saturated carbocycles. The summed E-state index contributed by atoms with van der Waals surface area (Å²) < 4.78 is 0. The predicted octanol–water partition coefficient (Wildman–Crippen LogP) is 4.35. The van der Waals surface area contributed by atoms with Crippen molar-refractivity contribution in [3.05, 3.63) is 69.2 Å². The van der Waals surface area contributed by atoms with Crippen LogP contribution in [0.15, 0.2) is 42.5 Å². The maximum atomic E-state index is 6.24. The van der Waals surface area contributed by atoms with E-state index in [1.807, 2.05) is 49.4 Å². The van der Waals surface area contributed by atoms with Gasteiger partial charge in [0.05, 0.1) is 6.04 Å². The van der Waals surface area contributed by atoms with Gasteiger partial charge < -0.3 is 5.73 Å². The number of hydrogen-bond donors (Lipinski definition) is 1. The van der Waals surface area contributed by atoms with Crippen molar-refractivity contribution in [1.82, 2.24) is 0 Å². The Labute approximate surface area is 111 Å². The molecule has 1 atom stereocenters. The number of halogens is 2. The van der Waals surface area contributed by atoms with Gasteiger partial charge in [0, 0.05) is 10.0 Å². The lowest BCUT2D eigenvalue weighted by Gasteiger charge is -2.16. The predicted molar refractivity (Wildman–Crippen MR) is 73.7 cm³/mol. The zero-order valence-electron chi connectivity index (χ0n) is 9.45. The minimum Gasteiger partial charge on any atom is -0.320 e. The molecule has 1 unspecified atom stereocenters. The summed E-state index contributed by atoms with van der Waals surface area (Å²) in [5.41, 5.74) is 9.28. The van der Waals surface area contributed by atoms with Crippen LogP contribution < -0.4 is 5.73 Å². The molecular weight excluding hydrogens is 253 g/mol. The molecule has 1 nitrogen and oxygen atoms in total. The third kappa shape index (κ3) is 2.63. The van der Waals surface area contributed by atoms with Gasteiger partial charge in [-0.25, -0.2) is 0 Å². The third-order valence-electron chi connectivity index (χ3n) is 2.82. The average Bonchev–Trinajstić information content (AvgIpc) is 2.32. The smallest absolute Gasteiger partial charge is 0.0569 e. The summed E-state index contributed by atoms with van der Waals surface area (Å²) >= 11 is 12.1. The van der Waals surface area contributed by atoms with E-state index in [9.17, 15) is 0 Å². The molecule has 3 heteroatoms. The molecule has 0 heterocycles. The fourth-order valence-corrected chi connectivity index (χ4v) is 2.28. The van der Waals surface area contributed by atoms with Crippen molar-refractivity contribution in [2.45, 2.75) is 13.0 Å². The molecule has 2 rings (SSSR count). The highest BCUT2D eigenvalue weighted by atomic mass is 35.5. The molecule has 0 aliphatic rings. The molecule has 0 fully saturated rings. The normalized spacial score (nSPS) is 12.5. The largest absolute Gasteiger partial charge is 0.320 e. The Morgan fingerprint density at radius 1 is 1.00 bits per heavy atom. The lowest BCUT2D eigenvalue weighted by atomic mass is 9.96. The van der Waals surface area contributed by atoms with E-state index in [0.717, 1.165) is 16.7 Å². The highest BCUT2D eigenvalue weighted by molar-refractivity contribution is 6.31. The Balaban J connectivity index is 2.47. The Morgan fingerprint density at radius 3 is 2.41 bits per heavy atom. The molecule has 0 saturated heterocycles. The van der Waals surface area contributed by atoms with E-state index in [2.05, 4.69) is 0 Å². The van der Waals surface area contributed by atoms with Crippen LogP contribution in [0.25, 0.3) is 0 Å². The van der Waals surface area contributed by atoms with Crippen molar-refractivity contribution >= 4 is 23.2 Å².